The molecule has 0 radical (unpaired) electrons. The zero-order chi connectivity index (χ0) is 24.9. The number of benzene rings is 2. The van der Waals surface area contributed by atoms with E-state index in [1.807, 2.05) is 56.8 Å². The number of aromatic nitrogens is 3. The van der Waals surface area contributed by atoms with Gasteiger partial charge in [0, 0.05) is 44.0 Å². The van der Waals surface area contributed by atoms with Crippen LogP contribution in [0.3, 0.4) is 0 Å². The minimum absolute atomic E-state index is 0.00929. The van der Waals surface area contributed by atoms with Crippen LogP contribution in [0, 0.1) is 5.82 Å². The lowest BCUT2D eigenvalue weighted by Gasteiger charge is -2.36. The second-order valence-corrected chi connectivity index (χ2v) is 9.34. The zero-order valence-corrected chi connectivity index (χ0v) is 20.5. The molecule has 1 aliphatic rings. The minimum atomic E-state index is -0.234. The molecule has 1 saturated heterocycles. The summed E-state index contributed by atoms with van der Waals surface area (Å²) in [6, 6.07) is 18.1. The highest BCUT2D eigenvalue weighted by Crippen LogP contribution is 2.27. The number of para-hydroxylation sites is 1. The molecule has 5 rings (SSSR count). The van der Waals surface area contributed by atoms with Crippen molar-refractivity contribution in [1.82, 2.24) is 19.7 Å². The lowest BCUT2D eigenvalue weighted by Crippen LogP contribution is -2.49. The molecule has 0 unspecified atom stereocenters. The molecule has 2 aromatic heterocycles. The number of furan rings is 1. The highest BCUT2D eigenvalue weighted by molar-refractivity contribution is 7.98. The Labute approximate surface area is 213 Å². The number of halogens is 1. The van der Waals surface area contributed by atoms with Crippen LogP contribution in [0.1, 0.15) is 15.9 Å². The van der Waals surface area contributed by atoms with E-state index in [1.165, 1.54) is 6.07 Å². The van der Waals surface area contributed by atoms with E-state index in [-0.39, 0.29) is 11.7 Å². The monoisotopic (exact) mass is 503 g/mol. The summed E-state index contributed by atoms with van der Waals surface area (Å²) in [5.74, 6) is 1.70. The molecule has 36 heavy (non-hydrogen) atoms. The smallest absolute Gasteiger partial charge is 0.253 e. The summed E-state index contributed by atoms with van der Waals surface area (Å²) in [4.78, 5) is 17.0. The van der Waals surface area contributed by atoms with Gasteiger partial charge in [0.25, 0.3) is 5.91 Å². The molecule has 9 heteroatoms. The molecule has 0 saturated carbocycles. The van der Waals surface area contributed by atoms with Crippen molar-refractivity contribution in [1.29, 1.82) is 0 Å². The van der Waals surface area contributed by atoms with Crippen LogP contribution >= 0.6 is 11.8 Å². The molecule has 0 spiro atoms. The number of allylic oxidation sites excluding steroid dienone is 1. The maximum atomic E-state index is 14.1. The Morgan fingerprint density at radius 2 is 1.89 bits per heavy atom. The fourth-order valence-electron chi connectivity index (χ4n) is 4.26. The van der Waals surface area contributed by atoms with E-state index in [4.69, 9.17) is 4.42 Å². The SMILES string of the molecule is C=CCn1c(SCc2cccc(C(=O)N3CCN(c4ccccc4F)CC3)c2)nnc1-c1ccco1. The molecule has 0 atom stereocenters. The summed E-state index contributed by atoms with van der Waals surface area (Å²) in [5, 5.41) is 9.38. The first-order valence-corrected chi connectivity index (χ1v) is 12.7. The standard InChI is InChI=1S/C27H26FN5O2S/c1-2-12-33-25(24-11-6-17-35-24)29-30-27(33)36-19-20-7-5-8-21(18-20)26(34)32-15-13-31(14-16-32)23-10-4-3-9-22(23)28/h2-11,17-18H,1,12-16,19H2. The van der Waals surface area contributed by atoms with Gasteiger partial charge in [0.15, 0.2) is 10.9 Å². The topological polar surface area (TPSA) is 67.4 Å². The quantitative estimate of drug-likeness (QED) is 0.246. The Morgan fingerprint density at radius 3 is 2.64 bits per heavy atom. The van der Waals surface area contributed by atoms with Crippen LogP contribution < -0.4 is 4.90 Å². The van der Waals surface area contributed by atoms with E-state index in [0.29, 0.717) is 61.3 Å². The van der Waals surface area contributed by atoms with E-state index in [1.54, 1.807) is 36.2 Å². The Hall–Kier alpha value is -3.85. The Bertz CT molecular complexity index is 1350. The van der Waals surface area contributed by atoms with Gasteiger partial charge in [0.1, 0.15) is 5.82 Å². The molecule has 0 aliphatic carbocycles. The number of hydrogen-bond donors (Lipinski definition) is 0. The third-order valence-electron chi connectivity index (χ3n) is 6.07. The van der Waals surface area contributed by atoms with Crippen molar-refractivity contribution in [3.63, 3.8) is 0 Å². The van der Waals surface area contributed by atoms with Gasteiger partial charge in [-0.1, -0.05) is 42.1 Å². The Balaban J connectivity index is 1.23. The van der Waals surface area contributed by atoms with Crippen molar-refractivity contribution >= 4 is 23.4 Å². The van der Waals surface area contributed by atoms with Gasteiger partial charge >= 0.3 is 0 Å². The van der Waals surface area contributed by atoms with E-state index in [0.717, 1.165) is 10.7 Å². The van der Waals surface area contributed by atoms with Gasteiger partial charge < -0.3 is 14.2 Å². The van der Waals surface area contributed by atoms with Crippen molar-refractivity contribution in [2.24, 2.45) is 0 Å². The third-order valence-corrected chi connectivity index (χ3v) is 7.11. The number of amides is 1. The van der Waals surface area contributed by atoms with Gasteiger partial charge in [-0.15, -0.1) is 16.8 Å². The van der Waals surface area contributed by atoms with Gasteiger partial charge in [-0.25, -0.2) is 4.39 Å². The number of hydrogen-bond acceptors (Lipinski definition) is 6. The Kier molecular flexibility index (Phi) is 7.18. The van der Waals surface area contributed by atoms with Crippen LogP contribution in [0.25, 0.3) is 11.6 Å². The maximum Gasteiger partial charge on any atom is 0.253 e. The molecular weight excluding hydrogens is 477 g/mol. The number of anilines is 1. The van der Waals surface area contributed by atoms with Gasteiger partial charge in [-0.3, -0.25) is 9.36 Å². The van der Waals surface area contributed by atoms with Crippen molar-refractivity contribution in [2.75, 3.05) is 31.1 Å². The molecule has 2 aromatic carbocycles. The first-order chi connectivity index (χ1) is 17.6. The van der Waals surface area contributed by atoms with Crippen molar-refractivity contribution in [3.8, 4) is 11.6 Å². The van der Waals surface area contributed by atoms with E-state index >= 15 is 0 Å². The highest BCUT2D eigenvalue weighted by Gasteiger charge is 2.24. The lowest BCUT2D eigenvalue weighted by molar-refractivity contribution is 0.0746. The molecule has 1 aliphatic heterocycles. The third kappa shape index (κ3) is 5.06. The largest absolute Gasteiger partial charge is 0.461 e. The number of thioether (sulfide) groups is 1. The summed E-state index contributed by atoms with van der Waals surface area (Å²) >= 11 is 1.55. The van der Waals surface area contributed by atoms with Gasteiger partial charge in [-0.05, 0) is 42.0 Å². The first kappa shape index (κ1) is 23.9. The number of piperazine rings is 1. The number of nitrogens with zero attached hydrogens (tertiary/aromatic N) is 5. The van der Waals surface area contributed by atoms with Gasteiger partial charge in [-0.2, -0.15) is 0 Å². The van der Waals surface area contributed by atoms with Crippen LogP contribution in [0.15, 0.2) is 89.2 Å². The van der Waals surface area contributed by atoms with Crippen molar-refractivity contribution < 1.29 is 13.6 Å². The van der Waals surface area contributed by atoms with E-state index in [2.05, 4.69) is 16.8 Å². The lowest BCUT2D eigenvalue weighted by atomic mass is 10.1. The number of rotatable bonds is 8. The number of carbonyl (C=O) groups is 1. The summed E-state index contributed by atoms with van der Waals surface area (Å²) < 4.78 is 21.6. The highest BCUT2D eigenvalue weighted by atomic mass is 32.2. The Morgan fingerprint density at radius 1 is 1.06 bits per heavy atom. The molecule has 184 valence electrons. The summed E-state index contributed by atoms with van der Waals surface area (Å²) in [6.07, 6.45) is 3.41. The second kappa shape index (κ2) is 10.8. The molecule has 1 fully saturated rings. The predicted octanol–water partition coefficient (Wildman–Crippen LogP) is 5.12. The zero-order valence-electron chi connectivity index (χ0n) is 19.7. The normalized spacial score (nSPS) is 13.7. The van der Waals surface area contributed by atoms with Crippen LogP contribution in [-0.2, 0) is 12.3 Å². The van der Waals surface area contributed by atoms with Gasteiger partial charge in [0.05, 0.1) is 12.0 Å². The molecule has 1 amide bonds. The van der Waals surface area contributed by atoms with Crippen LogP contribution in [0.5, 0.6) is 0 Å². The van der Waals surface area contributed by atoms with Gasteiger partial charge in [0.2, 0.25) is 5.82 Å². The average Bonchev–Trinajstić information content (AvgIpc) is 3.58. The summed E-state index contributed by atoms with van der Waals surface area (Å²) in [6.45, 7) is 6.69. The fourth-order valence-corrected chi connectivity index (χ4v) is 5.15. The molecule has 7 nitrogen and oxygen atoms in total. The second-order valence-electron chi connectivity index (χ2n) is 8.40. The summed E-state index contributed by atoms with van der Waals surface area (Å²) in [7, 11) is 0. The molecule has 0 N–H and O–H groups in total. The van der Waals surface area contributed by atoms with E-state index < -0.39 is 0 Å². The summed E-state index contributed by atoms with van der Waals surface area (Å²) in [5.41, 5.74) is 2.25. The fraction of sp³-hybridized carbons (Fsp3) is 0.222. The predicted molar refractivity (Wildman–Crippen MR) is 138 cm³/mol. The molecule has 0 bridgehead atoms. The average molecular weight is 504 g/mol. The minimum Gasteiger partial charge on any atom is -0.461 e. The first-order valence-electron chi connectivity index (χ1n) is 11.7. The van der Waals surface area contributed by atoms with E-state index in [9.17, 15) is 9.18 Å². The molecular formula is C27H26FN5O2S. The number of carbonyl (C=O) groups excluding carboxylic acids is 1. The van der Waals surface area contributed by atoms with Crippen LogP contribution in [0.2, 0.25) is 0 Å². The van der Waals surface area contributed by atoms with Crippen molar-refractivity contribution in [3.05, 3.63) is 96.5 Å². The van der Waals surface area contributed by atoms with Crippen LogP contribution in [0.4, 0.5) is 10.1 Å². The molecule has 3 heterocycles. The van der Waals surface area contributed by atoms with Crippen LogP contribution in [-0.4, -0.2) is 51.8 Å². The maximum absolute atomic E-state index is 14.1. The molecule has 4 aromatic rings. The van der Waals surface area contributed by atoms with Crippen molar-refractivity contribution in [2.45, 2.75) is 17.5 Å².